The predicted molar refractivity (Wildman–Crippen MR) is 108 cm³/mol. The molecule has 2 N–H and O–H groups in total. The summed E-state index contributed by atoms with van der Waals surface area (Å²) < 4.78 is 1.86. The molecule has 1 saturated heterocycles. The van der Waals surface area contributed by atoms with Crippen LogP contribution in [0.5, 0.6) is 0 Å². The summed E-state index contributed by atoms with van der Waals surface area (Å²) >= 11 is 0. The van der Waals surface area contributed by atoms with Gasteiger partial charge >= 0.3 is 0 Å². The van der Waals surface area contributed by atoms with Crippen LogP contribution in [0.1, 0.15) is 41.2 Å². The van der Waals surface area contributed by atoms with E-state index in [-0.39, 0.29) is 12.0 Å². The van der Waals surface area contributed by atoms with Gasteiger partial charge in [-0.2, -0.15) is 5.10 Å². The van der Waals surface area contributed by atoms with E-state index in [1.165, 1.54) is 5.56 Å². The quantitative estimate of drug-likeness (QED) is 0.730. The molecule has 3 aromatic rings. The number of hydrogen-bond donors (Lipinski definition) is 2. The Hall–Kier alpha value is -2.93. The molecule has 28 heavy (non-hydrogen) atoms. The Morgan fingerprint density at radius 1 is 1.25 bits per heavy atom. The van der Waals surface area contributed by atoms with Crippen molar-refractivity contribution in [3.05, 3.63) is 47.8 Å². The van der Waals surface area contributed by atoms with Gasteiger partial charge in [0.1, 0.15) is 11.5 Å². The average Bonchev–Trinajstić information content (AvgIpc) is 3.36. The van der Waals surface area contributed by atoms with Crippen LogP contribution in [-0.4, -0.2) is 45.0 Å². The highest BCUT2D eigenvalue weighted by molar-refractivity contribution is 6.04. The number of β-amino-alcohol motifs (C(OH)–C–C–N with tert-alkyl or cyclic N) is 1. The summed E-state index contributed by atoms with van der Waals surface area (Å²) in [5.74, 6) is 1.01. The van der Waals surface area contributed by atoms with Crippen LogP contribution >= 0.6 is 0 Å². The van der Waals surface area contributed by atoms with Crippen LogP contribution in [0.25, 0.3) is 10.9 Å². The number of aromatic nitrogens is 3. The molecule has 144 valence electrons. The second kappa shape index (κ2) is 6.60. The summed E-state index contributed by atoms with van der Waals surface area (Å²) in [5, 5.41) is 18.2. The number of anilines is 2. The second-order valence-corrected chi connectivity index (χ2v) is 7.76. The number of nitrogens with one attached hydrogen (secondary N) is 1. The summed E-state index contributed by atoms with van der Waals surface area (Å²) in [5.41, 5.74) is 3.47. The van der Waals surface area contributed by atoms with Gasteiger partial charge in [0.2, 0.25) is 0 Å². The van der Waals surface area contributed by atoms with Crippen molar-refractivity contribution in [2.75, 3.05) is 23.3 Å². The molecule has 1 aromatic carbocycles. The molecule has 0 radical (unpaired) electrons. The summed E-state index contributed by atoms with van der Waals surface area (Å²) in [6, 6.07) is 9.60. The number of aliphatic hydroxyl groups is 1. The summed E-state index contributed by atoms with van der Waals surface area (Å²) in [6.07, 6.45) is 4.52. The predicted octanol–water partition coefficient (Wildman–Crippen LogP) is 2.67. The molecule has 7 nitrogen and oxygen atoms in total. The van der Waals surface area contributed by atoms with Crippen LogP contribution in [0, 0.1) is 0 Å². The highest BCUT2D eigenvalue weighted by atomic mass is 16.3. The standard InChI is InChI=1S/C21H23N5O2/c1-25-19-10-16(13-5-6-13)18(9-14(19)11-22-25)24-21(28)17-3-2-4-20(23-17)26-8-7-15(27)12-26/h2-4,9-11,13,15,27H,5-8,12H2,1H3,(H,24,28)/t15-/m0/s1. The minimum absolute atomic E-state index is 0.216. The molecule has 2 aliphatic rings. The lowest BCUT2D eigenvalue weighted by Crippen LogP contribution is -2.23. The second-order valence-electron chi connectivity index (χ2n) is 7.76. The summed E-state index contributed by atoms with van der Waals surface area (Å²) in [6.45, 7) is 1.31. The lowest BCUT2D eigenvalue weighted by Gasteiger charge is -2.17. The average molecular weight is 377 g/mol. The van der Waals surface area contributed by atoms with E-state index < -0.39 is 0 Å². The Kier molecular flexibility index (Phi) is 4.05. The van der Waals surface area contributed by atoms with Gasteiger partial charge in [-0.1, -0.05) is 6.07 Å². The lowest BCUT2D eigenvalue weighted by atomic mass is 10.1. The molecule has 7 heteroatoms. The molecule has 0 unspecified atom stereocenters. The van der Waals surface area contributed by atoms with Crippen LogP contribution in [-0.2, 0) is 7.05 Å². The third kappa shape index (κ3) is 3.11. The van der Waals surface area contributed by atoms with Crippen molar-refractivity contribution in [1.29, 1.82) is 0 Å². The van der Waals surface area contributed by atoms with E-state index in [2.05, 4.69) is 21.5 Å². The largest absolute Gasteiger partial charge is 0.391 e. The van der Waals surface area contributed by atoms with Crippen LogP contribution in [0.2, 0.25) is 0 Å². The number of fused-ring (bicyclic) bond motifs is 1. The fourth-order valence-corrected chi connectivity index (χ4v) is 3.92. The van der Waals surface area contributed by atoms with Crippen molar-refractivity contribution in [3.63, 3.8) is 0 Å². The lowest BCUT2D eigenvalue weighted by molar-refractivity contribution is 0.102. The third-order valence-electron chi connectivity index (χ3n) is 5.64. The van der Waals surface area contributed by atoms with E-state index in [1.807, 2.05) is 41.0 Å². The van der Waals surface area contributed by atoms with E-state index in [9.17, 15) is 9.90 Å². The highest BCUT2D eigenvalue weighted by Gasteiger charge is 2.28. The SMILES string of the molecule is Cn1ncc2cc(NC(=O)c3cccc(N4CC[C@H](O)C4)n3)c(C3CC3)cc21. The van der Waals surface area contributed by atoms with E-state index in [1.54, 1.807) is 6.07 Å². The fraction of sp³-hybridized carbons (Fsp3) is 0.381. The fourth-order valence-electron chi connectivity index (χ4n) is 3.92. The van der Waals surface area contributed by atoms with Gasteiger partial charge < -0.3 is 15.3 Å². The molecule has 3 heterocycles. The Bertz CT molecular complexity index is 1060. The van der Waals surface area contributed by atoms with Gasteiger partial charge in [0.25, 0.3) is 5.91 Å². The van der Waals surface area contributed by atoms with Crippen LogP contribution in [0.15, 0.2) is 36.5 Å². The minimum atomic E-state index is -0.327. The van der Waals surface area contributed by atoms with Gasteiger partial charge in [0.15, 0.2) is 0 Å². The number of amides is 1. The maximum Gasteiger partial charge on any atom is 0.274 e. The number of hydrogen-bond acceptors (Lipinski definition) is 5. The van der Waals surface area contributed by atoms with Crippen LogP contribution in [0.3, 0.4) is 0 Å². The summed E-state index contributed by atoms with van der Waals surface area (Å²) in [7, 11) is 1.93. The number of aliphatic hydroxyl groups excluding tert-OH is 1. The molecule has 0 bridgehead atoms. The van der Waals surface area contributed by atoms with Crippen molar-refractivity contribution in [1.82, 2.24) is 14.8 Å². The topological polar surface area (TPSA) is 83.3 Å². The first-order valence-corrected chi connectivity index (χ1v) is 9.75. The first-order valence-electron chi connectivity index (χ1n) is 9.75. The van der Waals surface area contributed by atoms with Crippen molar-refractivity contribution >= 4 is 28.3 Å². The number of carbonyl (C=O) groups excluding carboxylic acids is 1. The Morgan fingerprint density at radius 2 is 2.11 bits per heavy atom. The van der Waals surface area contributed by atoms with E-state index in [0.29, 0.717) is 18.2 Å². The minimum Gasteiger partial charge on any atom is -0.391 e. The molecule has 1 amide bonds. The molecular weight excluding hydrogens is 354 g/mol. The van der Waals surface area contributed by atoms with Crippen molar-refractivity contribution < 1.29 is 9.90 Å². The number of rotatable bonds is 4. The van der Waals surface area contributed by atoms with Crippen molar-refractivity contribution in [3.8, 4) is 0 Å². The Labute approximate surface area is 163 Å². The number of pyridine rings is 1. The zero-order valence-corrected chi connectivity index (χ0v) is 15.8. The monoisotopic (exact) mass is 377 g/mol. The normalized spacial score (nSPS) is 19.4. The Morgan fingerprint density at radius 3 is 2.86 bits per heavy atom. The van der Waals surface area contributed by atoms with Gasteiger partial charge in [-0.3, -0.25) is 9.48 Å². The van der Waals surface area contributed by atoms with Gasteiger partial charge in [0, 0.05) is 31.2 Å². The van der Waals surface area contributed by atoms with E-state index in [4.69, 9.17) is 0 Å². The first-order chi connectivity index (χ1) is 13.6. The summed E-state index contributed by atoms with van der Waals surface area (Å²) in [4.78, 5) is 19.5. The molecule has 1 aliphatic heterocycles. The van der Waals surface area contributed by atoms with Crippen molar-refractivity contribution in [2.45, 2.75) is 31.3 Å². The number of nitrogens with zero attached hydrogens (tertiary/aromatic N) is 4. The van der Waals surface area contributed by atoms with Crippen LogP contribution < -0.4 is 10.2 Å². The molecule has 5 rings (SSSR count). The smallest absolute Gasteiger partial charge is 0.274 e. The molecule has 2 aromatic heterocycles. The van der Waals surface area contributed by atoms with Gasteiger partial charge in [-0.25, -0.2) is 4.98 Å². The molecule has 2 fully saturated rings. The third-order valence-corrected chi connectivity index (χ3v) is 5.64. The van der Waals surface area contributed by atoms with Gasteiger partial charge in [0.05, 0.1) is 17.8 Å². The van der Waals surface area contributed by atoms with Crippen molar-refractivity contribution in [2.24, 2.45) is 7.05 Å². The molecular formula is C21H23N5O2. The van der Waals surface area contributed by atoms with Gasteiger partial charge in [-0.05, 0) is 55.0 Å². The Balaban J connectivity index is 1.43. The van der Waals surface area contributed by atoms with Crippen LogP contribution in [0.4, 0.5) is 11.5 Å². The van der Waals surface area contributed by atoms with E-state index >= 15 is 0 Å². The number of carbonyl (C=O) groups is 1. The number of aryl methyl sites for hydroxylation is 1. The zero-order chi connectivity index (χ0) is 19.3. The molecule has 1 saturated carbocycles. The van der Waals surface area contributed by atoms with E-state index in [0.717, 1.165) is 48.2 Å². The molecule has 1 aliphatic carbocycles. The number of benzene rings is 1. The highest BCUT2D eigenvalue weighted by Crippen LogP contribution is 2.44. The molecule has 0 spiro atoms. The molecule has 1 atom stereocenters. The maximum atomic E-state index is 12.9. The maximum absolute atomic E-state index is 12.9. The first kappa shape index (κ1) is 17.2. The van der Waals surface area contributed by atoms with Gasteiger partial charge in [-0.15, -0.1) is 0 Å². The zero-order valence-electron chi connectivity index (χ0n) is 15.8.